The molecule has 0 amide bonds. The predicted molar refractivity (Wildman–Crippen MR) is 65.4 cm³/mol. The standard InChI is InChI=1S/C14H19N/c1-12(14(7-8-14)9-10-15)11-13-5-3-2-4-6-13/h2-6,11H,7-10,15H2,1H3/b12-11-. The molecule has 15 heavy (non-hydrogen) atoms. The van der Waals surface area contributed by atoms with Gasteiger partial charge in [0.1, 0.15) is 0 Å². The van der Waals surface area contributed by atoms with E-state index >= 15 is 0 Å². The Labute approximate surface area is 92.0 Å². The van der Waals surface area contributed by atoms with E-state index in [1.807, 2.05) is 0 Å². The Morgan fingerprint density at radius 1 is 1.33 bits per heavy atom. The first-order valence-corrected chi connectivity index (χ1v) is 5.71. The molecular formula is C14H19N. The Balaban J connectivity index is 2.14. The van der Waals surface area contributed by atoms with Gasteiger partial charge >= 0.3 is 0 Å². The normalized spacial score (nSPS) is 18.9. The zero-order chi connectivity index (χ0) is 10.7. The maximum absolute atomic E-state index is 5.66. The van der Waals surface area contributed by atoms with Crippen LogP contribution >= 0.6 is 0 Å². The second kappa shape index (κ2) is 4.19. The van der Waals surface area contributed by atoms with Crippen LogP contribution in [0.2, 0.25) is 0 Å². The number of benzene rings is 1. The van der Waals surface area contributed by atoms with Crippen molar-refractivity contribution in [1.29, 1.82) is 0 Å². The molecule has 1 saturated carbocycles. The minimum atomic E-state index is 0.449. The Hall–Kier alpha value is -1.08. The highest BCUT2D eigenvalue weighted by atomic mass is 14.6. The number of allylic oxidation sites excluding steroid dienone is 1. The van der Waals surface area contributed by atoms with Crippen LogP contribution in [0.4, 0.5) is 0 Å². The number of hydrogen-bond donors (Lipinski definition) is 1. The average Bonchev–Trinajstić information content (AvgIpc) is 3.01. The van der Waals surface area contributed by atoms with Crippen LogP contribution in [0.1, 0.15) is 31.7 Å². The molecule has 0 saturated heterocycles. The molecule has 0 bridgehead atoms. The molecule has 1 aliphatic carbocycles. The summed E-state index contributed by atoms with van der Waals surface area (Å²) < 4.78 is 0. The number of nitrogens with two attached hydrogens (primary N) is 1. The third-order valence-corrected chi connectivity index (χ3v) is 3.50. The summed E-state index contributed by atoms with van der Waals surface area (Å²) in [6.07, 6.45) is 6.09. The van der Waals surface area contributed by atoms with E-state index in [2.05, 4.69) is 43.3 Å². The Morgan fingerprint density at radius 2 is 2.00 bits per heavy atom. The van der Waals surface area contributed by atoms with Crippen LogP contribution < -0.4 is 5.73 Å². The maximum Gasteiger partial charge on any atom is -0.00689 e. The van der Waals surface area contributed by atoms with Crippen molar-refractivity contribution in [2.24, 2.45) is 11.1 Å². The first-order chi connectivity index (χ1) is 7.27. The van der Waals surface area contributed by atoms with Crippen LogP contribution in [0.15, 0.2) is 35.9 Å². The predicted octanol–water partition coefficient (Wildman–Crippen LogP) is 3.22. The monoisotopic (exact) mass is 201 g/mol. The average molecular weight is 201 g/mol. The van der Waals surface area contributed by atoms with E-state index < -0.39 is 0 Å². The highest BCUT2D eigenvalue weighted by molar-refractivity contribution is 5.54. The third kappa shape index (κ3) is 2.29. The lowest BCUT2D eigenvalue weighted by Gasteiger charge is -2.14. The van der Waals surface area contributed by atoms with Crippen molar-refractivity contribution in [1.82, 2.24) is 0 Å². The van der Waals surface area contributed by atoms with E-state index in [1.54, 1.807) is 0 Å². The topological polar surface area (TPSA) is 26.0 Å². The van der Waals surface area contributed by atoms with Crippen molar-refractivity contribution < 1.29 is 0 Å². The van der Waals surface area contributed by atoms with Crippen molar-refractivity contribution in [3.8, 4) is 0 Å². The highest BCUT2D eigenvalue weighted by Crippen LogP contribution is 2.54. The van der Waals surface area contributed by atoms with Crippen LogP contribution in [-0.4, -0.2) is 6.54 Å². The molecule has 1 aromatic rings. The molecular weight excluding hydrogens is 182 g/mol. The molecule has 0 aliphatic heterocycles. The van der Waals surface area contributed by atoms with Crippen LogP contribution in [0, 0.1) is 5.41 Å². The first-order valence-electron chi connectivity index (χ1n) is 5.71. The Kier molecular flexibility index (Phi) is 2.92. The molecule has 1 heteroatoms. The number of hydrogen-bond acceptors (Lipinski definition) is 1. The fraction of sp³-hybridized carbons (Fsp3) is 0.429. The van der Waals surface area contributed by atoms with Crippen molar-refractivity contribution in [3.05, 3.63) is 41.5 Å². The van der Waals surface area contributed by atoms with Gasteiger partial charge in [0.25, 0.3) is 0 Å². The molecule has 2 rings (SSSR count). The van der Waals surface area contributed by atoms with Gasteiger partial charge in [-0.3, -0.25) is 0 Å². The summed E-state index contributed by atoms with van der Waals surface area (Å²) in [4.78, 5) is 0. The lowest BCUT2D eigenvalue weighted by atomic mass is 9.92. The molecule has 0 radical (unpaired) electrons. The van der Waals surface area contributed by atoms with E-state index in [9.17, 15) is 0 Å². The summed E-state index contributed by atoms with van der Waals surface area (Å²) in [6.45, 7) is 3.05. The van der Waals surface area contributed by atoms with Crippen LogP contribution in [0.25, 0.3) is 6.08 Å². The second-order valence-corrected chi connectivity index (χ2v) is 4.56. The molecule has 1 nitrogen and oxygen atoms in total. The third-order valence-electron chi connectivity index (χ3n) is 3.50. The van der Waals surface area contributed by atoms with Gasteiger partial charge in [-0.05, 0) is 43.7 Å². The lowest BCUT2D eigenvalue weighted by molar-refractivity contribution is 0.561. The first kappa shape index (κ1) is 10.4. The molecule has 0 atom stereocenters. The van der Waals surface area contributed by atoms with Crippen LogP contribution in [0.5, 0.6) is 0 Å². The van der Waals surface area contributed by atoms with Gasteiger partial charge in [0.2, 0.25) is 0 Å². The molecule has 1 aliphatic rings. The zero-order valence-corrected chi connectivity index (χ0v) is 9.37. The summed E-state index contributed by atoms with van der Waals surface area (Å²) in [6, 6.07) is 10.5. The van der Waals surface area contributed by atoms with Crippen LogP contribution in [-0.2, 0) is 0 Å². The van der Waals surface area contributed by atoms with Gasteiger partial charge in [-0.2, -0.15) is 0 Å². The van der Waals surface area contributed by atoms with Gasteiger partial charge in [0.05, 0.1) is 0 Å². The van der Waals surface area contributed by atoms with E-state index in [0.717, 1.165) is 13.0 Å². The molecule has 0 heterocycles. The minimum Gasteiger partial charge on any atom is -0.330 e. The summed E-state index contributed by atoms with van der Waals surface area (Å²) in [5, 5.41) is 0. The molecule has 1 fully saturated rings. The van der Waals surface area contributed by atoms with Gasteiger partial charge in [-0.15, -0.1) is 0 Å². The molecule has 0 unspecified atom stereocenters. The molecule has 1 aromatic carbocycles. The molecule has 2 N–H and O–H groups in total. The van der Waals surface area contributed by atoms with Crippen molar-refractivity contribution in [3.63, 3.8) is 0 Å². The van der Waals surface area contributed by atoms with Crippen LogP contribution in [0.3, 0.4) is 0 Å². The fourth-order valence-electron chi connectivity index (χ4n) is 2.22. The second-order valence-electron chi connectivity index (χ2n) is 4.56. The summed E-state index contributed by atoms with van der Waals surface area (Å²) in [7, 11) is 0. The van der Waals surface area contributed by atoms with Gasteiger partial charge < -0.3 is 5.73 Å². The summed E-state index contributed by atoms with van der Waals surface area (Å²) in [5.41, 5.74) is 8.91. The van der Waals surface area contributed by atoms with Crippen molar-refractivity contribution in [2.75, 3.05) is 6.54 Å². The van der Waals surface area contributed by atoms with Gasteiger partial charge in [0.15, 0.2) is 0 Å². The Morgan fingerprint density at radius 3 is 2.53 bits per heavy atom. The van der Waals surface area contributed by atoms with E-state index in [1.165, 1.54) is 24.0 Å². The quantitative estimate of drug-likeness (QED) is 0.795. The van der Waals surface area contributed by atoms with Gasteiger partial charge in [-0.1, -0.05) is 42.0 Å². The molecule has 80 valence electrons. The number of rotatable bonds is 4. The summed E-state index contributed by atoms with van der Waals surface area (Å²) in [5.74, 6) is 0. The van der Waals surface area contributed by atoms with Crippen molar-refractivity contribution in [2.45, 2.75) is 26.2 Å². The highest BCUT2D eigenvalue weighted by Gasteiger charge is 2.42. The fourth-order valence-corrected chi connectivity index (χ4v) is 2.22. The van der Waals surface area contributed by atoms with Gasteiger partial charge in [0, 0.05) is 0 Å². The summed E-state index contributed by atoms with van der Waals surface area (Å²) >= 11 is 0. The minimum absolute atomic E-state index is 0.449. The zero-order valence-electron chi connectivity index (χ0n) is 9.37. The lowest BCUT2D eigenvalue weighted by Crippen LogP contribution is -2.10. The smallest absolute Gasteiger partial charge is 0.00689 e. The largest absolute Gasteiger partial charge is 0.330 e. The van der Waals surface area contributed by atoms with E-state index in [-0.39, 0.29) is 0 Å². The van der Waals surface area contributed by atoms with Crippen molar-refractivity contribution >= 4 is 6.08 Å². The Bertz CT molecular complexity index is 347. The molecule has 0 aromatic heterocycles. The molecule has 0 spiro atoms. The van der Waals surface area contributed by atoms with E-state index in [4.69, 9.17) is 5.73 Å². The maximum atomic E-state index is 5.66. The van der Waals surface area contributed by atoms with Gasteiger partial charge in [-0.25, -0.2) is 0 Å². The van der Waals surface area contributed by atoms with E-state index in [0.29, 0.717) is 5.41 Å². The SMILES string of the molecule is C/C(=C/c1ccccc1)C1(CCN)CC1.